The molecule has 2 aliphatic heterocycles. The molecule has 2 N–H and O–H groups in total. The minimum absolute atomic E-state index is 0.0434. The molecule has 120 valence electrons. The van der Waals surface area contributed by atoms with E-state index in [1.54, 1.807) is 12.1 Å². The first-order chi connectivity index (χ1) is 10.7. The number of nitrogens with one attached hydrogen (secondary N) is 1. The molecule has 0 aromatic heterocycles. The summed E-state index contributed by atoms with van der Waals surface area (Å²) in [6, 6.07) is 7.79. The van der Waals surface area contributed by atoms with Crippen LogP contribution >= 0.6 is 0 Å². The summed E-state index contributed by atoms with van der Waals surface area (Å²) in [5.74, 6) is 0.275. The van der Waals surface area contributed by atoms with Crippen molar-refractivity contribution < 1.29 is 9.90 Å². The number of phenolic OH excluding ortho intramolecular Hbond substituents is 1. The molecule has 5 heteroatoms. The zero-order valence-electron chi connectivity index (χ0n) is 13.0. The Morgan fingerprint density at radius 2 is 2.09 bits per heavy atom. The van der Waals surface area contributed by atoms with Gasteiger partial charge in [-0.3, -0.25) is 4.90 Å². The average molecular weight is 303 g/mol. The van der Waals surface area contributed by atoms with E-state index >= 15 is 0 Å². The molecule has 22 heavy (non-hydrogen) atoms. The molecule has 0 bridgehead atoms. The quantitative estimate of drug-likeness (QED) is 0.892. The summed E-state index contributed by atoms with van der Waals surface area (Å²) >= 11 is 0. The number of phenols is 1. The highest BCUT2D eigenvalue weighted by molar-refractivity contribution is 5.74. The zero-order chi connectivity index (χ0) is 15.4. The first-order valence-electron chi connectivity index (χ1n) is 8.27. The highest BCUT2D eigenvalue weighted by Gasteiger charge is 2.31. The Kier molecular flexibility index (Phi) is 4.83. The maximum absolute atomic E-state index is 12.2. The molecule has 1 aromatic carbocycles. The van der Waals surface area contributed by atoms with Gasteiger partial charge in [-0.05, 0) is 56.5 Å². The summed E-state index contributed by atoms with van der Waals surface area (Å²) in [4.78, 5) is 16.7. The molecule has 2 saturated heterocycles. The van der Waals surface area contributed by atoms with E-state index in [1.165, 1.54) is 25.9 Å². The number of nitrogens with zero attached hydrogens (tertiary/aromatic N) is 2. The van der Waals surface area contributed by atoms with Gasteiger partial charge in [0.1, 0.15) is 5.75 Å². The van der Waals surface area contributed by atoms with E-state index in [-0.39, 0.29) is 11.8 Å². The Labute approximate surface area is 131 Å². The van der Waals surface area contributed by atoms with E-state index in [0.29, 0.717) is 12.6 Å². The number of aromatic hydroxyl groups is 1. The second-order valence-electron chi connectivity index (χ2n) is 6.28. The first kappa shape index (κ1) is 15.2. The van der Waals surface area contributed by atoms with E-state index in [9.17, 15) is 9.90 Å². The van der Waals surface area contributed by atoms with Crippen LogP contribution in [0.4, 0.5) is 4.79 Å². The van der Waals surface area contributed by atoms with E-state index in [2.05, 4.69) is 10.2 Å². The topological polar surface area (TPSA) is 55.8 Å². The van der Waals surface area contributed by atoms with Gasteiger partial charge in [0, 0.05) is 25.7 Å². The molecule has 2 aliphatic rings. The molecule has 0 saturated carbocycles. The van der Waals surface area contributed by atoms with E-state index in [4.69, 9.17) is 0 Å². The molecule has 0 radical (unpaired) electrons. The van der Waals surface area contributed by atoms with Crippen LogP contribution in [0.1, 0.15) is 24.8 Å². The second kappa shape index (κ2) is 7.01. The van der Waals surface area contributed by atoms with Gasteiger partial charge < -0.3 is 15.3 Å². The highest BCUT2D eigenvalue weighted by Crippen LogP contribution is 2.20. The summed E-state index contributed by atoms with van der Waals surface area (Å²) in [6.45, 7) is 4.71. The van der Waals surface area contributed by atoms with Crippen molar-refractivity contribution in [3.63, 3.8) is 0 Å². The monoisotopic (exact) mass is 303 g/mol. The van der Waals surface area contributed by atoms with Gasteiger partial charge in [-0.25, -0.2) is 4.79 Å². The first-order valence-corrected chi connectivity index (χ1v) is 8.27. The van der Waals surface area contributed by atoms with Crippen LogP contribution < -0.4 is 5.32 Å². The smallest absolute Gasteiger partial charge is 0.317 e. The van der Waals surface area contributed by atoms with Crippen LogP contribution in [-0.2, 0) is 6.42 Å². The molecule has 2 fully saturated rings. The average Bonchev–Trinajstić information content (AvgIpc) is 3.18. The van der Waals surface area contributed by atoms with Crippen LogP contribution in [0.5, 0.6) is 5.75 Å². The zero-order valence-corrected chi connectivity index (χ0v) is 13.0. The third kappa shape index (κ3) is 3.71. The minimum Gasteiger partial charge on any atom is -0.508 e. The highest BCUT2D eigenvalue weighted by atomic mass is 16.3. The maximum Gasteiger partial charge on any atom is 0.317 e. The third-order valence-corrected chi connectivity index (χ3v) is 4.71. The predicted octanol–water partition coefficient (Wildman–Crippen LogP) is 1.81. The Morgan fingerprint density at radius 1 is 1.27 bits per heavy atom. The van der Waals surface area contributed by atoms with Gasteiger partial charge in [0.25, 0.3) is 0 Å². The molecule has 3 rings (SSSR count). The fourth-order valence-electron chi connectivity index (χ4n) is 3.47. The molecule has 1 aromatic rings. The Bertz CT molecular complexity index is 514. The molecule has 0 spiro atoms. The van der Waals surface area contributed by atoms with Gasteiger partial charge in [0.15, 0.2) is 0 Å². The van der Waals surface area contributed by atoms with E-state index in [0.717, 1.165) is 31.5 Å². The van der Waals surface area contributed by atoms with E-state index in [1.807, 2.05) is 17.0 Å². The van der Waals surface area contributed by atoms with E-state index < -0.39 is 0 Å². The summed E-state index contributed by atoms with van der Waals surface area (Å²) in [5.41, 5.74) is 1.04. The summed E-state index contributed by atoms with van der Waals surface area (Å²) in [7, 11) is 0. The van der Waals surface area contributed by atoms with Crippen molar-refractivity contribution in [2.75, 3.05) is 32.7 Å². The van der Waals surface area contributed by atoms with Crippen molar-refractivity contribution in [2.24, 2.45) is 0 Å². The van der Waals surface area contributed by atoms with Gasteiger partial charge >= 0.3 is 6.03 Å². The normalized spacial score (nSPS) is 22.2. The number of carbonyl (C=O) groups is 1. The van der Waals surface area contributed by atoms with Crippen molar-refractivity contribution >= 4 is 6.03 Å². The van der Waals surface area contributed by atoms with Crippen molar-refractivity contribution in [3.8, 4) is 5.75 Å². The Balaban J connectivity index is 1.41. The van der Waals surface area contributed by atoms with Gasteiger partial charge in [-0.1, -0.05) is 12.1 Å². The molecular weight excluding hydrogens is 278 g/mol. The standard InChI is InChI=1S/C17H25N3O2/c21-16-5-3-4-14(12-16)6-8-18-17(22)20-11-7-15(13-20)19-9-1-2-10-19/h3-5,12,15,21H,1-2,6-11,13H2,(H,18,22). The summed E-state index contributed by atoms with van der Waals surface area (Å²) in [5, 5.41) is 12.4. The van der Waals surface area contributed by atoms with Crippen LogP contribution in [0.25, 0.3) is 0 Å². The Morgan fingerprint density at radius 3 is 2.86 bits per heavy atom. The SMILES string of the molecule is O=C(NCCc1cccc(O)c1)N1CCC(N2CCCC2)C1. The summed E-state index contributed by atoms with van der Waals surface area (Å²) in [6.07, 6.45) is 4.43. The number of amides is 2. The van der Waals surface area contributed by atoms with Crippen molar-refractivity contribution in [1.29, 1.82) is 0 Å². The number of carbonyl (C=O) groups excluding carboxylic acids is 1. The Hall–Kier alpha value is -1.75. The molecule has 5 nitrogen and oxygen atoms in total. The molecule has 1 unspecified atom stereocenters. The lowest BCUT2D eigenvalue weighted by molar-refractivity contribution is 0.199. The lowest BCUT2D eigenvalue weighted by Gasteiger charge is -2.23. The predicted molar refractivity (Wildman–Crippen MR) is 86.0 cm³/mol. The van der Waals surface area contributed by atoms with Gasteiger partial charge in [0.05, 0.1) is 0 Å². The number of hydrogen-bond acceptors (Lipinski definition) is 3. The number of rotatable bonds is 4. The van der Waals surface area contributed by atoms with Gasteiger partial charge in [-0.15, -0.1) is 0 Å². The number of likely N-dealkylation sites (tertiary alicyclic amines) is 2. The maximum atomic E-state index is 12.2. The molecule has 0 aliphatic carbocycles. The molecular formula is C17H25N3O2. The number of hydrogen-bond donors (Lipinski definition) is 2. The second-order valence-corrected chi connectivity index (χ2v) is 6.28. The van der Waals surface area contributed by atoms with Crippen LogP contribution in [0.2, 0.25) is 0 Å². The van der Waals surface area contributed by atoms with Crippen molar-refractivity contribution in [3.05, 3.63) is 29.8 Å². The van der Waals surface area contributed by atoms with Gasteiger partial charge in [-0.2, -0.15) is 0 Å². The van der Waals surface area contributed by atoms with Crippen LogP contribution in [0, 0.1) is 0 Å². The van der Waals surface area contributed by atoms with Gasteiger partial charge in [0.2, 0.25) is 0 Å². The minimum atomic E-state index is 0.0434. The van der Waals surface area contributed by atoms with Crippen LogP contribution in [0.3, 0.4) is 0 Å². The molecule has 2 amide bonds. The molecule has 1 atom stereocenters. The number of benzene rings is 1. The number of urea groups is 1. The fourth-order valence-corrected chi connectivity index (χ4v) is 3.47. The van der Waals surface area contributed by atoms with Crippen molar-refractivity contribution in [1.82, 2.24) is 15.1 Å². The largest absolute Gasteiger partial charge is 0.508 e. The summed E-state index contributed by atoms with van der Waals surface area (Å²) < 4.78 is 0. The van der Waals surface area contributed by atoms with Crippen LogP contribution in [-0.4, -0.2) is 59.7 Å². The third-order valence-electron chi connectivity index (χ3n) is 4.71. The van der Waals surface area contributed by atoms with Crippen molar-refractivity contribution in [2.45, 2.75) is 31.7 Å². The fraction of sp³-hybridized carbons (Fsp3) is 0.588. The molecule has 2 heterocycles. The lowest BCUT2D eigenvalue weighted by atomic mass is 10.1. The van der Waals surface area contributed by atoms with Crippen LogP contribution in [0.15, 0.2) is 24.3 Å². The lowest BCUT2D eigenvalue weighted by Crippen LogP contribution is -2.42.